The first kappa shape index (κ1) is 13.2. The van der Waals surface area contributed by atoms with Gasteiger partial charge in [0, 0.05) is 18.0 Å². The average Bonchev–Trinajstić information content (AvgIpc) is 3.01. The van der Waals surface area contributed by atoms with Crippen LogP contribution in [-0.4, -0.2) is 17.1 Å². The summed E-state index contributed by atoms with van der Waals surface area (Å²) >= 11 is 0. The zero-order valence-electron chi connectivity index (χ0n) is 11.6. The van der Waals surface area contributed by atoms with E-state index < -0.39 is 5.97 Å². The van der Waals surface area contributed by atoms with E-state index in [1.54, 1.807) is 6.07 Å². The molecule has 0 aliphatic heterocycles. The molecule has 0 bridgehead atoms. The van der Waals surface area contributed by atoms with Crippen LogP contribution in [0.15, 0.2) is 28.7 Å². The number of aromatic carboxylic acids is 1. The number of rotatable bonds is 6. The first-order valence-electron chi connectivity index (χ1n) is 7.16. The summed E-state index contributed by atoms with van der Waals surface area (Å²) < 4.78 is 5.25. The lowest BCUT2D eigenvalue weighted by Crippen LogP contribution is -2.17. The molecule has 1 aliphatic rings. The molecule has 0 radical (unpaired) electrons. The van der Waals surface area contributed by atoms with Crippen molar-refractivity contribution in [3.63, 3.8) is 0 Å². The van der Waals surface area contributed by atoms with E-state index in [2.05, 4.69) is 12.2 Å². The van der Waals surface area contributed by atoms with Crippen LogP contribution >= 0.6 is 0 Å². The molecule has 4 nitrogen and oxygen atoms in total. The highest BCUT2D eigenvalue weighted by atomic mass is 16.4. The van der Waals surface area contributed by atoms with Crippen LogP contribution < -0.4 is 5.32 Å². The minimum Gasteiger partial charge on any atom is -0.475 e. The smallest absolute Gasteiger partial charge is 0.371 e. The fourth-order valence-corrected chi connectivity index (χ4v) is 2.74. The van der Waals surface area contributed by atoms with Crippen molar-refractivity contribution < 1.29 is 14.3 Å². The van der Waals surface area contributed by atoms with Crippen molar-refractivity contribution in [2.75, 3.05) is 0 Å². The zero-order valence-corrected chi connectivity index (χ0v) is 11.6. The van der Waals surface area contributed by atoms with Crippen LogP contribution in [0.4, 0.5) is 0 Å². The van der Waals surface area contributed by atoms with Gasteiger partial charge in [0.05, 0.1) is 0 Å². The number of hydrogen-bond donors (Lipinski definition) is 2. The highest BCUT2D eigenvalue weighted by Crippen LogP contribution is 2.34. The molecule has 1 fully saturated rings. The predicted octanol–water partition coefficient (Wildman–Crippen LogP) is 3.41. The van der Waals surface area contributed by atoms with Gasteiger partial charge in [0.2, 0.25) is 5.76 Å². The first-order chi connectivity index (χ1) is 9.67. The van der Waals surface area contributed by atoms with Crippen molar-refractivity contribution in [1.29, 1.82) is 0 Å². The topological polar surface area (TPSA) is 62.5 Å². The van der Waals surface area contributed by atoms with Gasteiger partial charge >= 0.3 is 5.97 Å². The monoisotopic (exact) mass is 273 g/mol. The quantitative estimate of drug-likeness (QED) is 0.846. The van der Waals surface area contributed by atoms with E-state index in [-0.39, 0.29) is 5.76 Å². The second-order valence-electron chi connectivity index (χ2n) is 5.56. The third-order valence-corrected chi connectivity index (χ3v) is 3.94. The van der Waals surface area contributed by atoms with Gasteiger partial charge in [-0.15, -0.1) is 0 Å². The second-order valence-corrected chi connectivity index (χ2v) is 5.56. The van der Waals surface area contributed by atoms with E-state index in [1.165, 1.54) is 19.3 Å². The van der Waals surface area contributed by atoms with Gasteiger partial charge in [0.15, 0.2) is 0 Å². The van der Waals surface area contributed by atoms with Gasteiger partial charge in [-0.1, -0.05) is 19.4 Å². The third kappa shape index (κ3) is 2.70. The molecule has 1 aromatic heterocycles. The third-order valence-electron chi connectivity index (χ3n) is 3.94. The van der Waals surface area contributed by atoms with Gasteiger partial charge in [-0.3, -0.25) is 0 Å². The van der Waals surface area contributed by atoms with Crippen LogP contribution in [0.5, 0.6) is 0 Å². The van der Waals surface area contributed by atoms with E-state index in [0.717, 1.165) is 23.4 Å². The number of carboxylic acid groups (broad SMARTS) is 1. The van der Waals surface area contributed by atoms with Gasteiger partial charge in [-0.05, 0) is 42.5 Å². The van der Waals surface area contributed by atoms with E-state index >= 15 is 0 Å². The Hall–Kier alpha value is -1.81. The summed E-state index contributed by atoms with van der Waals surface area (Å²) in [6.07, 6.45) is 3.84. The van der Waals surface area contributed by atoms with Crippen molar-refractivity contribution in [3.05, 3.63) is 35.6 Å². The maximum absolute atomic E-state index is 10.9. The largest absolute Gasteiger partial charge is 0.475 e. The molecule has 1 aromatic carbocycles. The Bertz CT molecular complexity index is 632. The summed E-state index contributed by atoms with van der Waals surface area (Å²) in [4.78, 5) is 10.9. The number of carbonyl (C=O) groups is 1. The van der Waals surface area contributed by atoms with E-state index in [0.29, 0.717) is 11.6 Å². The molecule has 0 saturated heterocycles. The van der Waals surface area contributed by atoms with Gasteiger partial charge in [0.1, 0.15) is 5.58 Å². The van der Waals surface area contributed by atoms with E-state index in [1.807, 2.05) is 18.2 Å². The van der Waals surface area contributed by atoms with Crippen LogP contribution in [-0.2, 0) is 6.54 Å². The van der Waals surface area contributed by atoms with Crippen molar-refractivity contribution >= 4 is 16.9 Å². The number of fused-ring (bicyclic) bond motifs is 1. The lowest BCUT2D eigenvalue weighted by molar-refractivity contribution is 0.0665. The standard InChI is InChI=1S/C16H19NO3/c1-2-3-11-7-13(11)17-9-10-4-5-14-12(6-10)8-15(20-14)16(18)19/h4-6,8,11,13,17H,2-3,7,9H2,1H3,(H,18,19). The second kappa shape index (κ2) is 5.29. The minimum atomic E-state index is -1.03. The summed E-state index contributed by atoms with van der Waals surface area (Å²) in [5, 5.41) is 13.3. The number of benzene rings is 1. The Kier molecular flexibility index (Phi) is 3.49. The summed E-state index contributed by atoms with van der Waals surface area (Å²) in [5.74, 6) is -0.187. The van der Waals surface area contributed by atoms with Crippen LogP contribution in [0.3, 0.4) is 0 Å². The molecule has 2 N–H and O–H groups in total. The van der Waals surface area contributed by atoms with Gasteiger partial charge in [-0.25, -0.2) is 4.79 Å². The van der Waals surface area contributed by atoms with Gasteiger partial charge in [0.25, 0.3) is 0 Å². The molecule has 1 saturated carbocycles. The molecule has 1 aliphatic carbocycles. The Balaban J connectivity index is 1.65. The first-order valence-corrected chi connectivity index (χ1v) is 7.16. The molecule has 4 heteroatoms. The van der Waals surface area contributed by atoms with Crippen molar-refractivity contribution in [1.82, 2.24) is 5.32 Å². The number of furan rings is 1. The van der Waals surface area contributed by atoms with Crippen LogP contribution in [0.25, 0.3) is 11.0 Å². The molecule has 106 valence electrons. The molecular formula is C16H19NO3. The molecule has 2 aromatic rings. The molecular weight excluding hydrogens is 254 g/mol. The van der Waals surface area contributed by atoms with Gasteiger partial charge < -0.3 is 14.8 Å². The fourth-order valence-electron chi connectivity index (χ4n) is 2.74. The van der Waals surface area contributed by atoms with Crippen LogP contribution in [0.2, 0.25) is 0 Å². The van der Waals surface area contributed by atoms with Crippen molar-refractivity contribution in [2.45, 2.75) is 38.8 Å². The van der Waals surface area contributed by atoms with Gasteiger partial charge in [-0.2, -0.15) is 0 Å². The Morgan fingerprint density at radius 3 is 3.05 bits per heavy atom. The maximum Gasteiger partial charge on any atom is 0.371 e. The van der Waals surface area contributed by atoms with E-state index in [4.69, 9.17) is 9.52 Å². The minimum absolute atomic E-state index is 0.00434. The van der Waals surface area contributed by atoms with Crippen LogP contribution in [0, 0.1) is 5.92 Å². The lowest BCUT2D eigenvalue weighted by Gasteiger charge is -2.04. The maximum atomic E-state index is 10.9. The molecule has 20 heavy (non-hydrogen) atoms. The molecule has 2 unspecified atom stereocenters. The highest BCUT2D eigenvalue weighted by molar-refractivity contribution is 5.91. The number of nitrogens with one attached hydrogen (secondary N) is 1. The molecule has 1 heterocycles. The average molecular weight is 273 g/mol. The normalized spacial score (nSPS) is 21.2. The Labute approximate surface area is 117 Å². The SMILES string of the molecule is CCCC1CC1NCc1ccc2oc(C(=O)O)cc2c1. The fraction of sp³-hybridized carbons (Fsp3) is 0.438. The summed E-state index contributed by atoms with van der Waals surface area (Å²) in [5.41, 5.74) is 1.79. The Morgan fingerprint density at radius 1 is 1.45 bits per heavy atom. The summed E-state index contributed by atoms with van der Waals surface area (Å²) in [6, 6.07) is 8.06. The zero-order chi connectivity index (χ0) is 14.1. The van der Waals surface area contributed by atoms with Crippen molar-refractivity contribution in [3.8, 4) is 0 Å². The molecule has 0 amide bonds. The molecule has 0 spiro atoms. The molecule has 3 rings (SSSR count). The Morgan fingerprint density at radius 2 is 2.30 bits per heavy atom. The lowest BCUT2D eigenvalue weighted by atomic mass is 10.1. The number of carboxylic acids is 1. The predicted molar refractivity (Wildman–Crippen MR) is 76.8 cm³/mol. The number of hydrogen-bond acceptors (Lipinski definition) is 3. The molecule has 2 atom stereocenters. The summed E-state index contributed by atoms with van der Waals surface area (Å²) in [7, 11) is 0. The highest BCUT2D eigenvalue weighted by Gasteiger charge is 2.35. The van der Waals surface area contributed by atoms with Crippen LogP contribution in [0.1, 0.15) is 42.3 Å². The summed E-state index contributed by atoms with van der Waals surface area (Å²) in [6.45, 7) is 3.05. The van der Waals surface area contributed by atoms with E-state index in [9.17, 15) is 4.79 Å². The van der Waals surface area contributed by atoms with Crippen molar-refractivity contribution in [2.24, 2.45) is 5.92 Å².